The van der Waals surface area contributed by atoms with Gasteiger partial charge in [0.05, 0.1) is 5.69 Å². The number of aromatic nitrogens is 1. The van der Waals surface area contributed by atoms with Crippen molar-refractivity contribution >= 4 is 0 Å². The Morgan fingerprint density at radius 3 is 2.65 bits per heavy atom. The Balaban J connectivity index is 1.63. The summed E-state index contributed by atoms with van der Waals surface area (Å²) in [5.74, 6) is 0.935. The maximum Gasteiger partial charge on any atom is 0.119 e. The summed E-state index contributed by atoms with van der Waals surface area (Å²) in [7, 11) is 0. The van der Waals surface area contributed by atoms with Crippen LogP contribution >= 0.6 is 0 Å². The Morgan fingerprint density at radius 1 is 1.10 bits per heavy atom. The average Bonchev–Trinajstić information content (AvgIpc) is 2.50. The van der Waals surface area contributed by atoms with Crippen LogP contribution in [0.15, 0.2) is 48.7 Å². The normalized spacial score (nSPS) is 10.4. The van der Waals surface area contributed by atoms with Crippen molar-refractivity contribution in [3.63, 3.8) is 0 Å². The average molecular weight is 270 g/mol. The molecule has 0 aliphatic rings. The van der Waals surface area contributed by atoms with Crippen molar-refractivity contribution in [2.45, 2.75) is 26.3 Å². The first kappa shape index (κ1) is 14.5. The minimum Gasteiger partial charge on any atom is -0.492 e. The van der Waals surface area contributed by atoms with E-state index in [-0.39, 0.29) is 0 Å². The number of pyridine rings is 1. The predicted molar refractivity (Wildman–Crippen MR) is 81.9 cm³/mol. The maximum atomic E-state index is 5.69. The molecule has 0 saturated heterocycles. The molecule has 0 unspecified atom stereocenters. The topological polar surface area (TPSA) is 34.1 Å². The molecule has 1 aromatic heterocycles. The van der Waals surface area contributed by atoms with E-state index in [0.29, 0.717) is 6.61 Å². The highest BCUT2D eigenvalue weighted by atomic mass is 16.5. The molecule has 0 fully saturated rings. The van der Waals surface area contributed by atoms with Crippen molar-refractivity contribution in [1.29, 1.82) is 0 Å². The Kier molecular flexibility index (Phi) is 6.06. The van der Waals surface area contributed by atoms with Crippen molar-refractivity contribution in [3.8, 4) is 5.75 Å². The molecule has 0 saturated carbocycles. The molecule has 2 rings (SSSR count). The third kappa shape index (κ3) is 5.02. The van der Waals surface area contributed by atoms with E-state index in [1.807, 2.05) is 36.5 Å². The Labute approximate surface area is 121 Å². The van der Waals surface area contributed by atoms with Crippen LogP contribution in [0.25, 0.3) is 0 Å². The fourth-order valence-electron chi connectivity index (χ4n) is 2.00. The summed E-state index contributed by atoms with van der Waals surface area (Å²) in [6.07, 6.45) is 4.12. The molecule has 0 bridgehead atoms. The Bertz CT molecular complexity index is 482. The molecular formula is C17H22N2O. The minimum atomic E-state index is 0.667. The molecule has 1 aromatic carbocycles. The first-order chi connectivity index (χ1) is 9.88. The molecule has 1 heterocycles. The van der Waals surface area contributed by atoms with E-state index in [9.17, 15) is 0 Å². The van der Waals surface area contributed by atoms with E-state index >= 15 is 0 Å². The lowest BCUT2D eigenvalue weighted by Crippen LogP contribution is -2.21. The van der Waals surface area contributed by atoms with Crippen LogP contribution in [0.4, 0.5) is 0 Å². The van der Waals surface area contributed by atoms with Crippen molar-refractivity contribution in [2.75, 3.05) is 13.2 Å². The molecule has 0 aliphatic carbocycles. The zero-order valence-electron chi connectivity index (χ0n) is 12.0. The van der Waals surface area contributed by atoms with Crippen molar-refractivity contribution in [2.24, 2.45) is 0 Å². The van der Waals surface area contributed by atoms with Gasteiger partial charge in [-0.2, -0.15) is 0 Å². The number of benzene rings is 1. The molecule has 0 radical (unpaired) electrons. The largest absolute Gasteiger partial charge is 0.492 e. The third-order valence-corrected chi connectivity index (χ3v) is 3.04. The summed E-state index contributed by atoms with van der Waals surface area (Å²) >= 11 is 0. The van der Waals surface area contributed by atoms with E-state index in [2.05, 4.69) is 29.4 Å². The summed E-state index contributed by atoms with van der Waals surface area (Å²) in [6.45, 7) is 4.45. The van der Waals surface area contributed by atoms with Gasteiger partial charge in [0.2, 0.25) is 0 Å². The molecule has 106 valence electrons. The molecular weight excluding hydrogens is 248 g/mol. The van der Waals surface area contributed by atoms with Crippen LogP contribution in [-0.2, 0) is 13.0 Å². The predicted octanol–water partition coefficient (Wildman–Crippen LogP) is 3.20. The second-order valence-corrected chi connectivity index (χ2v) is 4.74. The van der Waals surface area contributed by atoms with Crippen molar-refractivity contribution in [3.05, 3.63) is 59.9 Å². The van der Waals surface area contributed by atoms with Gasteiger partial charge in [-0.1, -0.05) is 31.5 Å². The van der Waals surface area contributed by atoms with Crippen molar-refractivity contribution < 1.29 is 4.74 Å². The van der Waals surface area contributed by atoms with E-state index < -0.39 is 0 Å². The second-order valence-electron chi connectivity index (χ2n) is 4.74. The van der Waals surface area contributed by atoms with E-state index in [1.54, 1.807) is 0 Å². The zero-order valence-corrected chi connectivity index (χ0v) is 12.0. The van der Waals surface area contributed by atoms with E-state index in [0.717, 1.165) is 31.0 Å². The van der Waals surface area contributed by atoms with Crippen LogP contribution in [0, 0.1) is 0 Å². The van der Waals surface area contributed by atoms with Gasteiger partial charge in [0.1, 0.15) is 12.4 Å². The van der Waals surface area contributed by atoms with Gasteiger partial charge in [0.25, 0.3) is 0 Å². The summed E-state index contributed by atoms with van der Waals surface area (Å²) in [6, 6.07) is 14.3. The number of nitrogens with zero attached hydrogens (tertiary/aromatic N) is 1. The molecule has 0 spiro atoms. The first-order valence-corrected chi connectivity index (χ1v) is 7.21. The summed E-state index contributed by atoms with van der Waals surface area (Å²) in [5.41, 5.74) is 2.42. The summed E-state index contributed by atoms with van der Waals surface area (Å²) in [4.78, 5) is 4.26. The van der Waals surface area contributed by atoms with Gasteiger partial charge < -0.3 is 10.1 Å². The molecule has 0 amide bonds. The zero-order chi connectivity index (χ0) is 14.0. The molecule has 20 heavy (non-hydrogen) atoms. The van der Waals surface area contributed by atoms with Crippen LogP contribution in [0.1, 0.15) is 24.6 Å². The first-order valence-electron chi connectivity index (χ1n) is 7.21. The quantitative estimate of drug-likeness (QED) is 0.748. The van der Waals surface area contributed by atoms with Gasteiger partial charge in [0.15, 0.2) is 0 Å². The lowest BCUT2D eigenvalue weighted by Gasteiger charge is -2.08. The minimum absolute atomic E-state index is 0.667. The van der Waals surface area contributed by atoms with Gasteiger partial charge in [0, 0.05) is 19.3 Å². The monoisotopic (exact) mass is 270 g/mol. The SMILES string of the molecule is CCCc1ccc(OCCNCc2ccccn2)cc1. The highest BCUT2D eigenvalue weighted by Crippen LogP contribution is 2.13. The van der Waals surface area contributed by atoms with Gasteiger partial charge in [-0.25, -0.2) is 0 Å². The standard InChI is InChI=1S/C17H22N2O/c1-2-5-15-7-9-17(10-8-15)20-13-12-18-14-16-6-3-4-11-19-16/h3-4,6-11,18H,2,5,12-14H2,1H3. The number of rotatable bonds is 8. The fourth-order valence-corrected chi connectivity index (χ4v) is 2.00. The van der Waals surface area contributed by atoms with Gasteiger partial charge in [-0.3, -0.25) is 4.98 Å². The summed E-state index contributed by atoms with van der Waals surface area (Å²) in [5, 5.41) is 3.32. The number of ether oxygens (including phenoxy) is 1. The Hall–Kier alpha value is -1.87. The van der Waals surface area contributed by atoms with E-state index in [1.165, 1.54) is 12.0 Å². The molecule has 3 heteroatoms. The lowest BCUT2D eigenvalue weighted by atomic mass is 10.1. The number of hydrogen-bond donors (Lipinski definition) is 1. The van der Waals surface area contributed by atoms with Crippen LogP contribution in [0.5, 0.6) is 5.75 Å². The van der Waals surface area contributed by atoms with Crippen molar-refractivity contribution in [1.82, 2.24) is 10.3 Å². The molecule has 0 atom stereocenters. The highest BCUT2D eigenvalue weighted by Gasteiger charge is 1.96. The fraction of sp³-hybridized carbons (Fsp3) is 0.353. The van der Waals surface area contributed by atoms with E-state index in [4.69, 9.17) is 4.74 Å². The molecule has 0 aliphatic heterocycles. The van der Waals surface area contributed by atoms with Gasteiger partial charge >= 0.3 is 0 Å². The van der Waals surface area contributed by atoms with Gasteiger partial charge in [-0.15, -0.1) is 0 Å². The number of hydrogen-bond acceptors (Lipinski definition) is 3. The molecule has 2 aromatic rings. The lowest BCUT2D eigenvalue weighted by molar-refractivity contribution is 0.313. The smallest absolute Gasteiger partial charge is 0.119 e. The third-order valence-electron chi connectivity index (χ3n) is 3.04. The highest BCUT2D eigenvalue weighted by molar-refractivity contribution is 5.27. The van der Waals surface area contributed by atoms with Gasteiger partial charge in [-0.05, 0) is 36.2 Å². The molecule has 3 nitrogen and oxygen atoms in total. The van der Waals surface area contributed by atoms with Crippen LogP contribution in [-0.4, -0.2) is 18.1 Å². The molecule has 1 N–H and O–H groups in total. The summed E-state index contributed by atoms with van der Waals surface area (Å²) < 4.78 is 5.69. The van der Waals surface area contributed by atoms with Crippen LogP contribution < -0.4 is 10.1 Å². The maximum absolute atomic E-state index is 5.69. The number of nitrogens with one attached hydrogen (secondary N) is 1. The van der Waals surface area contributed by atoms with Crippen LogP contribution in [0.2, 0.25) is 0 Å². The Morgan fingerprint density at radius 2 is 1.95 bits per heavy atom. The number of aryl methyl sites for hydroxylation is 1. The van der Waals surface area contributed by atoms with Crippen LogP contribution in [0.3, 0.4) is 0 Å². The second kappa shape index (κ2) is 8.33.